The number of hydrogen-bond acceptors (Lipinski definition) is 6. The van der Waals surface area contributed by atoms with Crippen molar-refractivity contribution < 1.29 is 0 Å². The fraction of sp³-hybridized carbons (Fsp3) is 0. The highest BCUT2D eigenvalue weighted by Gasteiger charge is 2.26. The van der Waals surface area contributed by atoms with Crippen LogP contribution in [-0.2, 0) is 0 Å². The second kappa shape index (κ2) is 33.6. The molecular weight excluding hydrogens is 1650 g/mol. The van der Waals surface area contributed by atoms with Gasteiger partial charge in [0.15, 0.2) is 0 Å². The number of nitrogens with zero attached hydrogens (tertiary/aromatic N) is 12. The van der Waals surface area contributed by atoms with E-state index in [1.807, 2.05) is 37.1 Å². The van der Waals surface area contributed by atoms with Crippen molar-refractivity contribution in [3.63, 3.8) is 0 Å². The van der Waals surface area contributed by atoms with E-state index in [4.69, 9.17) is 4.98 Å². The van der Waals surface area contributed by atoms with Crippen LogP contribution in [0.15, 0.2) is 510 Å². The Morgan fingerprint density at radius 3 is 0.659 bits per heavy atom. The zero-order valence-corrected chi connectivity index (χ0v) is 73.4. The summed E-state index contributed by atoms with van der Waals surface area (Å²) in [6, 6.07) is 171. The van der Waals surface area contributed by atoms with Gasteiger partial charge >= 0.3 is 0 Å². The molecule has 0 radical (unpaired) electrons. The molecule has 0 amide bonds. The number of para-hydroxylation sites is 12. The van der Waals surface area contributed by atoms with E-state index in [0.29, 0.717) is 0 Å². The van der Waals surface area contributed by atoms with Crippen molar-refractivity contribution in [3.8, 4) is 34.1 Å². The zero-order chi connectivity index (χ0) is 89.2. The molecule has 0 aliphatic heterocycles. The summed E-state index contributed by atoms with van der Waals surface area (Å²) in [5.41, 5.74) is 30.7. The number of anilines is 9. The van der Waals surface area contributed by atoms with Gasteiger partial charge < -0.3 is 37.5 Å². The van der Waals surface area contributed by atoms with Gasteiger partial charge in [0.1, 0.15) is 5.65 Å². The molecule has 0 aliphatic rings. The van der Waals surface area contributed by atoms with Crippen LogP contribution in [0, 0.1) is 0 Å². The molecule has 0 spiro atoms. The first-order valence-electron chi connectivity index (χ1n) is 45.7. The molecule has 18 aromatic carbocycles. The van der Waals surface area contributed by atoms with Gasteiger partial charge in [0.2, 0.25) is 0 Å². The fourth-order valence-electron chi connectivity index (χ4n) is 20.5. The van der Waals surface area contributed by atoms with E-state index in [1.54, 1.807) is 0 Å². The Balaban J connectivity index is 0.000000108. The molecule has 0 aliphatic carbocycles. The largest absolute Gasteiger partial charge is 0.310 e. The summed E-state index contributed by atoms with van der Waals surface area (Å²) in [5, 5.41) is 14.6. The van der Waals surface area contributed by atoms with E-state index >= 15 is 0 Å². The molecule has 135 heavy (non-hydrogen) atoms. The molecule has 27 aromatic rings. The summed E-state index contributed by atoms with van der Waals surface area (Å²) in [6.45, 7) is 0. The van der Waals surface area contributed by atoms with Crippen molar-refractivity contribution in [2.24, 2.45) is 0 Å². The number of rotatable bonds is 15. The average Bonchev–Trinajstić information content (AvgIpc) is 1.54. The minimum atomic E-state index is 0.963. The van der Waals surface area contributed by atoms with Gasteiger partial charge in [-0.2, -0.15) is 0 Å². The van der Waals surface area contributed by atoms with Crippen molar-refractivity contribution in [1.29, 1.82) is 0 Å². The van der Waals surface area contributed by atoms with Gasteiger partial charge in [0, 0.05) is 181 Å². The molecule has 27 rings (SSSR count). The Bertz CT molecular complexity index is 8520. The number of fused-ring (bicyclic) bond motifs is 18. The quantitative estimate of drug-likeness (QED) is 0.102. The SMILES string of the molecule is c1ccc(N(c2ccc3c(c2)c2ccccc2n3-c2ccccc2)c2ccc3c(c2)c2ccccc2n3-c2ccncc2)cc1.c1ccc(N(c2ccccc2)c2ccc3c(c2)c2ccccc2n3-c2ccc3c(c2)c2ccccc2n3-c2ccncc2)cc1.c1ccc(N(c2ccccc2)c2ccc3c(c2)c2ccccc2n3-c2ccc3c(c2)c2cccnc2n3-c2ccccc2)cc1. The summed E-state index contributed by atoms with van der Waals surface area (Å²) in [7, 11) is 0. The standard InChI is InChI=1S/3C41H28N4/c1-4-13-29(14-5-1)43(30-15-6-2-7-16-30)32-22-24-39-36(27-32)34-19-10-11-21-38(34)44(39)33-23-25-40-37(28-33)35-20-12-26-42-41(35)45(40)31-17-8-3-9-18-31;1-3-11-29(12-4-1)43(30-13-5-2-6-14-30)32-19-21-41-36(27-32)35-16-8-10-18-39(35)45(41)33-20-22-40-37(28-33)34-15-7-9-17-38(34)44(40)31-23-25-42-26-24-31;1-3-11-29(12-4-1)43(32-19-21-40-36(27-32)34-15-7-9-17-38(34)44(40)30-13-5-2-6-14-30)33-20-22-41-37(28-33)35-16-8-10-18-39(35)45(41)31-23-25-42-26-24-31/h3*1-28H. The van der Waals surface area contributed by atoms with Crippen LogP contribution in [0.3, 0.4) is 0 Å². The molecule has 9 aromatic heterocycles. The lowest BCUT2D eigenvalue weighted by Gasteiger charge is -2.26. The summed E-state index contributed by atoms with van der Waals surface area (Å²) < 4.78 is 14.1. The van der Waals surface area contributed by atoms with Crippen LogP contribution in [0.4, 0.5) is 51.2 Å². The van der Waals surface area contributed by atoms with E-state index in [-0.39, 0.29) is 0 Å². The Labute approximate surface area is 778 Å². The molecule has 0 saturated heterocycles. The molecule has 0 atom stereocenters. The predicted molar refractivity (Wildman–Crippen MR) is 563 cm³/mol. The van der Waals surface area contributed by atoms with Gasteiger partial charge in [-0.25, -0.2) is 4.98 Å². The van der Waals surface area contributed by atoms with Crippen LogP contribution >= 0.6 is 0 Å². The molecule has 0 bridgehead atoms. The number of hydrogen-bond donors (Lipinski definition) is 0. The third-order valence-electron chi connectivity index (χ3n) is 26.3. The van der Waals surface area contributed by atoms with Crippen LogP contribution in [0.2, 0.25) is 0 Å². The number of benzene rings is 18. The molecule has 0 unspecified atom stereocenters. The predicted octanol–water partition coefficient (Wildman–Crippen LogP) is 32.2. The Kier molecular flexibility index (Phi) is 19.6. The second-order valence-corrected chi connectivity index (χ2v) is 33.9. The van der Waals surface area contributed by atoms with E-state index in [2.05, 4.69) is 525 Å². The highest BCUT2D eigenvalue weighted by molar-refractivity contribution is 6.17. The summed E-state index contributed by atoms with van der Waals surface area (Å²) in [6.07, 6.45) is 9.29. The third-order valence-corrected chi connectivity index (χ3v) is 26.3. The minimum absolute atomic E-state index is 0.963. The topological polar surface area (TPSA) is 78.0 Å². The fourth-order valence-corrected chi connectivity index (χ4v) is 20.5. The Morgan fingerprint density at radius 2 is 0.348 bits per heavy atom. The van der Waals surface area contributed by atoms with Gasteiger partial charge in [-0.15, -0.1) is 0 Å². The Morgan fingerprint density at radius 1 is 0.133 bits per heavy atom. The normalized spacial score (nSPS) is 11.6. The lowest BCUT2D eigenvalue weighted by molar-refractivity contribution is 1.13. The van der Waals surface area contributed by atoms with E-state index in [9.17, 15) is 0 Å². The van der Waals surface area contributed by atoms with Crippen molar-refractivity contribution in [2.45, 2.75) is 0 Å². The highest BCUT2D eigenvalue weighted by atomic mass is 15.2. The van der Waals surface area contributed by atoms with Crippen LogP contribution in [-0.4, -0.2) is 42.4 Å². The first-order valence-corrected chi connectivity index (χ1v) is 45.7. The average molecular weight is 1730 g/mol. The zero-order valence-electron chi connectivity index (χ0n) is 73.4. The van der Waals surface area contributed by atoms with Crippen molar-refractivity contribution in [3.05, 3.63) is 510 Å². The lowest BCUT2D eigenvalue weighted by atomic mass is 10.1. The van der Waals surface area contributed by atoms with Gasteiger partial charge in [-0.3, -0.25) is 14.5 Å². The first-order chi connectivity index (χ1) is 67.0. The van der Waals surface area contributed by atoms with Crippen molar-refractivity contribution >= 4 is 182 Å². The maximum absolute atomic E-state index is 4.81. The van der Waals surface area contributed by atoms with Crippen LogP contribution < -0.4 is 14.7 Å². The molecular formula is C123H84N12. The smallest absolute Gasteiger partial charge is 0.145 e. The molecule has 12 nitrogen and oxygen atoms in total. The van der Waals surface area contributed by atoms with Gasteiger partial charge in [0.25, 0.3) is 0 Å². The van der Waals surface area contributed by atoms with E-state index in [1.165, 1.54) is 114 Å². The minimum Gasteiger partial charge on any atom is -0.310 e. The molecule has 0 fully saturated rings. The highest BCUT2D eigenvalue weighted by Crippen LogP contribution is 2.48. The molecule has 9 heterocycles. The summed E-state index contributed by atoms with van der Waals surface area (Å²) in [4.78, 5) is 20.3. The number of pyridine rings is 3. The van der Waals surface area contributed by atoms with E-state index < -0.39 is 0 Å². The molecule has 0 saturated carbocycles. The maximum Gasteiger partial charge on any atom is 0.145 e. The van der Waals surface area contributed by atoms with Gasteiger partial charge in [0.05, 0.1) is 60.7 Å². The van der Waals surface area contributed by atoms with Crippen molar-refractivity contribution in [1.82, 2.24) is 42.4 Å². The second-order valence-electron chi connectivity index (χ2n) is 33.9. The maximum atomic E-state index is 4.81. The summed E-state index contributed by atoms with van der Waals surface area (Å²) in [5.74, 6) is 0. The van der Waals surface area contributed by atoms with Crippen LogP contribution in [0.25, 0.3) is 165 Å². The molecule has 0 N–H and O–H groups in total. The van der Waals surface area contributed by atoms with Crippen molar-refractivity contribution in [2.75, 3.05) is 14.7 Å². The van der Waals surface area contributed by atoms with Gasteiger partial charge in [-0.1, -0.05) is 218 Å². The lowest BCUT2D eigenvalue weighted by Crippen LogP contribution is -2.09. The van der Waals surface area contributed by atoms with Crippen LogP contribution in [0.5, 0.6) is 0 Å². The van der Waals surface area contributed by atoms with E-state index in [0.717, 1.165) is 102 Å². The Hall–Kier alpha value is -18.4. The monoisotopic (exact) mass is 1730 g/mol. The van der Waals surface area contributed by atoms with Gasteiger partial charge in [-0.05, 0) is 261 Å². The number of aromatic nitrogens is 9. The molecule has 12 heteroatoms. The summed E-state index contributed by atoms with van der Waals surface area (Å²) >= 11 is 0. The first kappa shape index (κ1) is 78.8. The van der Waals surface area contributed by atoms with Crippen LogP contribution in [0.1, 0.15) is 0 Å². The molecule has 636 valence electrons. The third kappa shape index (κ3) is 13.7.